The van der Waals surface area contributed by atoms with E-state index in [4.69, 9.17) is 10.5 Å². The molecule has 0 saturated heterocycles. The minimum Gasteiger partial charge on any atom is -0.462 e. The number of hydrogen-bond acceptors (Lipinski definition) is 8. The predicted octanol–water partition coefficient (Wildman–Crippen LogP) is 1.71. The maximum absolute atomic E-state index is 12.0. The van der Waals surface area contributed by atoms with Crippen molar-refractivity contribution in [1.29, 1.82) is 0 Å². The third kappa shape index (κ3) is 6.14. The molecule has 3 N–H and O–H groups in total. The highest BCUT2D eigenvalue weighted by molar-refractivity contribution is 7.99. The van der Waals surface area contributed by atoms with Gasteiger partial charge in [-0.15, -0.1) is 0 Å². The summed E-state index contributed by atoms with van der Waals surface area (Å²) in [5.74, 6) is -0.529. The summed E-state index contributed by atoms with van der Waals surface area (Å²) in [6, 6.07) is 7.94. The summed E-state index contributed by atoms with van der Waals surface area (Å²) in [5, 5.41) is 3.17. The highest BCUT2D eigenvalue weighted by Crippen LogP contribution is 2.17. The summed E-state index contributed by atoms with van der Waals surface area (Å²) in [7, 11) is 3.95. The van der Waals surface area contributed by atoms with Gasteiger partial charge in [0.2, 0.25) is 5.91 Å². The Morgan fingerprint density at radius 1 is 1.26 bits per heavy atom. The van der Waals surface area contributed by atoms with E-state index in [0.29, 0.717) is 11.7 Å². The average Bonchev–Trinajstić information content (AvgIpc) is 2.65. The monoisotopic (exact) mass is 389 g/mol. The second-order valence-electron chi connectivity index (χ2n) is 5.80. The minimum atomic E-state index is -0.565. The molecule has 0 radical (unpaired) electrons. The molecule has 8 nitrogen and oxygen atoms in total. The van der Waals surface area contributed by atoms with Crippen molar-refractivity contribution < 1.29 is 14.3 Å². The molecule has 0 fully saturated rings. The van der Waals surface area contributed by atoms with E-state index in [9.17, 15) is 9.59 Å². The molecule has 0 atom stereocenters. The van der Waals surface area contributed by atoms with Crippen molar-refractivity contribution >= 4 is 35.1 Å². The molecular formula is C18H23N5O3S. The topological polar surface area (TPSA) is 110 Å². The van der Waals surface area contributed by atoms with Gasteiger partial charge in [0, 0.05) is 32.5 Å². The lowest BCUT2D eigenvalue weighted by Crippen LogP contribution is -2.24. The molecule has 0 saturated carbocycles. The summed E-state index contributed by atoms with van der Waals surface area (Å²) in [6.07, 6.45) is 1.31. The fourth-order valence-corrected chi connectivity index (χ4v) is 2.76. The first-order valence-electron chi connectivity index (χ1n) is 8.36. The zero-order valence-electron chi connectivity index (χ0n) is 15.6. The largest absolute Gasteiger partial charge is 0.462 e. The van der Waals surface area contributed by atoms with Crippen molar-refractivity contribution in [3.05, 3.63) is 41.6 Å². The molecule has 1 aromatic carbocycles. The SMILES string of the molecule is CCOC(=O)c1cnc(SCC(=O)NCc2ccc(N(C)C)cc2)nc1N. The molecule has 1 heterocycles. The number of nitrogens with one attached hydrogen (secondary N) is 1. The average molecular weight is 389 g/mol. The number of rotatable bonds is 8. The summed E-state index contributed by atoms with van der Waals surface area (Å²) < 4.78 is 4.87. The highest BCUT2D eigenvalue weighted by atomic mass is 32.2. The number of nitrogens with two attached hydrogens (primary N) is 1. The van der Waals surface area contributed by atoms with Gasteiger partial charge in [0.05, 0.1) is 12.4 Å². The van der Waals surface area contributed by atoms with Crippen molar-refractivity contribution in [3.63, 3.8) is 0 Å². The van der Waals surface area contributed by atoms with Gasteiger partial charge in [0.15, 0.2) is 5.16 Å². The highest BCUT2D eigenvalue weighted by Gasteiger charge is 2.14. The van der Waals surface area contributed by atoms with Crippen molar-refractivity contribution in [3.8, 4) is 0 Å². The van der Waals surface area contributed by atoms with Gasteiger partial charge >= 0.3 is 5.97 Å². The van der Waals surface area contributed by atoms with Gasteiger partial charge in [-0.2, -0.15) is 0 Å². The van der Waals surface area contributed by atoms with Gasteiger partial charge in [-0.05, 0) is 24.6 Å². The molecule has 2 rings (SSSR count). The molecule has 0 spiro atoms. The van der Waals surface area contributed by atoms with Crippen LogP contribution in [0.2, 0.25) is 0 Å². The van der Waals surface area contributed by atoms with Crippen LogP contribution in [0.3, 0.4) is 0 Å². The normalized spacial score (nSPS) is 10.3. The molecule has 27 heavy (non-hydrogen) atoms. The Labute approximate surface area is 162 Å². The summed E-state index contributed by atoms with van der Waals surface area (Å²) >= 11 is 1.14. The molecule has 0 aliphatic carbocycles. The van der Waals surface area contributed by atoms with Crippen LogP contribution in [0.5, 0.6) is 0 Å². The Morgan fingerprint density at radius 2 is 1.96 bits per heavy atom. The number of anilines is 2. The van der Waals surface area contributed by atoms with Crippen LogP contribution in [0.1, 0.15) is 22.8 Å². The van der Waals surface area contributed by atoms with Crippen LogP contribution in [0.15, 0.2) is 35.6 Å². The Hall–Kier alpha value is -2.81. The third-order valence-electron chi connectivity index (χ3n) is 3.57. The van der Waals surface area contributed by atoms with Gasteiger partial charge in [-0.3, -0.25) is 4.79 Å². The molecule has 9 heteroatoms. The number of amides is 1. The van der Waals surface area contributed by atoms with Crippen molar-refractivity contribution in [2.75, 3.05) is 37.1 Å². The number of ether oxygens (including phenoxy) is 1. The first-order chi connectivity index (χ1) is 12.9. The van der Waals surface area contributed by atoms with Gasteiger partial charge in [-0.25, -0.2) is 14.8 Å². The smallest absolute Gasteiger partial charge is 0.343 e. The quantitative estimate of drug-likeness (QED) is 0.399. The van der Waals surface area contributed by atoms with E-state index < -0.39 is 5.97 Å². The minimum absolute atomic E-state index is 0.0346. The second kappa shape index (κ2) is 9.77. The number of nitrogens with zero attached hydrogens (tertiary/aromatic N) is 3. The second-order valence-corrected chi connectivity index (χ2v) is 6.74. The van der Waals surface area contributed by atoms with Gasteiger partial charge < -0.3 is 20.7 Å². The lowest BCUT2D eigenvalue weighted by Gasteiger charge is -2.12. The third-order valence-corrected chi connectivity index (χ3v) is 4.43. The molecule has 0 bridgehead atoms. The standard InChI is InChI=1S/C18H23N5O3S/c1-4-26-17(25)14-10-21-18(22-16(14)19)27-11-15(24)20-9-12-5-7-13(8-6-12)23(2)3/h5-8,10H,4,9,11H2,1-3H3,(H,20,24)(H2,19,21,22). The molecule has 144 valence electrons. The number of benzene rings is 1. The fourth-order valence-electron chi connectivity index (χ4n) is 2.11. The number of carbonyl (C=O) groups excluding carboxylic acids is 2. The maximum atomic E-state index is 12.0. The van der Waals surface area contributed by atoms with E-state index in [1.165, 1.54) is 6.20 Å². The number of esters is 1. The lowest BCUT2D eigenvalue weighted by atomic mass is 10.2. The Kier molecular flexibility index (Phi) is 7.42. The van der Waals surface area contributed by atoms with Crippen molar-refractivity contribution in [1.82, 2.24) is 15.3 Å². The van der Waals surface area contributed by atoms with Crippen molar-refractivity contribution in [2.24, 2.45) is 0 Å². The van der Waals surface area contributed by atoms with E-state index >= 15 is 0 Å². The summed E-state index contributed by atoms with van der Waals surface area (Å²) in [4.78, 5) is 33.8. The van der Waals surface area contributed by atoms with Gasteiger partial charge in [-0.1, -0.05) is 23.9 Å². The number of thioether (sulfide) groups is 1. The number of carbonyl (C=O) groups is 2. The van der Waals surface area contributed by atoms with Crippen LogP contribution in [0.4, 0.5) is 11.5 Å². The molecule has 1 aromatic heterocycles. The number of hydrogen-bond donors (Lipinski definition) is 2. The molecule has 0 unspecified atom stereocenters. The van der Waals surface area contributed by atoms with Crippen LogP contribution in [-0.2, 0) is 16.1 Å². The van der Waals surface area contributed by atoms with Gasteiger partial charge in [0.25, 0.3) is 0 Å². The van der Waals surface area contributed by atoms with Crippen LogP contribution < -0.4 is 16.0 Å². The van der Waals surface area contributed by atoms with Crippen LogP contribution in [0.25, 0.3) is 0 Å². The Morgan fingerprint density at radius 3 is 2.56 bits per heavy atom. The number of aromatic nitrogens is 2. The Bertz CT molecular complexity index is 796. The summed E-state index contributed by atoms with van der Waals surface area (Å²) in [6.45, 7) is 2.39. The van der Waals surface area contributed by atoms with E-state index in [0.717, 1.165) is 23.0 Å². The molecular weight excluding hydrogens is 366 g/mol. The predicted molar refractivity (Wildman–Crippen MR) is 106 cm³/mol. The molecule has 2 aromatic rings. The van der Waals surface area contributed by atoms with Crippen LogP contribution in [-0.4, -0.2) is 48.3 Å². The molecule has 0 aliphatic rings. The first-order valence-corrected chi connectivity index (χ1v) is 9.34. The number of nitrogen functional groups attached to an aromatic ring is 1. The zero-order valence-corrected chi connectivity index (χ0v) is 16.4. The van der Waals surface area contributed by atoms with Gasteiger partial charge in [0.1, 0.15) is 11.4 Å². The van der Waals surface area contributed by atoms with E-state index in [1.54, 1.807) is 6.92 Å². The van der Waals surface area contributed by atoms with E-state index in [-0.39, 0.29) is 29.6 Å². The fraction of sp³-hybridized carbons (Fsp3) is 0.333. The Balaban J connectivity index is 1.83. The summed E-state index contributed by atoms with van der Waals surface area (Å²) in [5.41, 5.74) is 7.99. The maximum Gasteiger partial charge on any atom is 0.343 e. The van der Waals surface area contributed by atoms with Crippen LogP contribution in [0, 0.1) is 0 Å². The molecule has 0 aliphatic heterocycles. The lowest BCUT2D eigenvalue weighted by molar-refractivity contribution is -0.118. The van der Waals surface area contributed by atoms with Crippen molar-refractivity contribution in [2.45, 2.75) is 18.6 Å². The van der Waals surface area contributed by atoms with E-state index in [2.05, 4.69) is 15.3 Å². The molecule has 1 amide bonds. The van der Waals surface area contributed by atoms with E-state index in [1.807, 2.05) is 43.3 Å². The van der Waals surface area contributed by atoms with Crippen LogP contribution >= 0.6 is 11.8 Å². The first kappa shape index (κ1) is 20.5. The zero-order chi connectivity index (χ0) is 19.8.